The number of alkyl halides is 1. The van der Waals surface area contributed by atoms with Crippen molar-refractivity contribution in [3.8, 4) is 11.3 Å². The van der Waals surface area contributed by atoms with Crippen molar-refractivity contribution in [1.82, 2.24) is 4.98 Å². The van der Waals surface area contributed by atoms with Gasteiger partial charge in [-0.2, -0.15) is 0 Å². The van der Waals surface area contributed by atoms with Gasteiger partial charge in [-0.25, -0.2) is 0 Å². The van der Waals surface area contributed by atoms with Crippen molar-refractivity contribution < 1.29 is 0 Å². The molecule has 0 aliphatic rings. The van der Waals surface area contributed by atoms with Crippen LogP contribution in [0.5, 0.6) is 0 Å². The third-order valence-corrected chi connectivity index (χ3v) is 3.67. The van der Waals surface area contributed by atoms with E-state index in [-0.39, 0.29) is 0 Å². The molecule has 3 rings (SSSR count). The molecule has 0 saturated heterocycles. The van der Waals surface area contributed by atoms with Gasteiger partial charge in [0.2, 0.25) is 0 Å². The van der Waals surface area contributed by atoms with E-state index in [1.807, 2.05) is 24.4 Å². The van der Waals surface area contributed by atoms with Crippen LogP contribution >= 0.6 is 15.9 Å². The van der Waals surface area contributed by atoms with E-state index in [1.165, 1.54) is 16.3 Å². The van der Waals surface area contributed by atoms with E-state index in [4.69, 9.17) is 0 Å². The Labute approximate surface area is 115 Å². The van der Waals surface area contributed by atoms with Crippen LogP contribution < -0.4 is 0 Å². The van der Waals surface area contributed by atoms with Gasteiger partial charge in [0, 0.05) is 22.5 Å². The highest BCUT2D eigenvalue weighted by Gasteiger charge is 2.07. The number of benzene rings is 2. The maximum absolute atomic E-state index is 4.62. The van der Waals surface area contributed by atoms with Crippen LogP contribution in [0.25, 0.3) is 22.0 Å². The van der Waals surface area contributed by atoms with Gasteiger partial charge in [-0.1, -0.05) is 70.5 Å². The van der Waals surface area contributed by atoms with Gasteiger partial charge in [0.1, 0.15) is 0 Å². The summed E-state index contributed by atoms with van der Waals surface area (Å²) in [5, 5.41) is 3.30. The normalized spacial score (nSPS) is 10.7. The van der Waals surface area contributed by atoms with E-state index in [0.717, 1.165) is 16.6 Å². The van der Waals surface area contributed by atoms with Crippen molar-refractivity contribution >= 4 is 26.7 Å². The fourth-order valence-electron chi connectivity index (χ4n) is 2.18. The third kappa shape index (κ3) is 1.93. The summed E-state index contributed by atoms with van der Waals surface area (Å²) in [6.07, 6.45) is 1.96. The summed E-state index contributed by atoms with van der Waals surface area (Å²) in [6.45, 7) is 0. The summed E-state index contributed by atoms with van der Waals surface area (Å²) >= 11 is 3.52. The Morgan fingerprint density at radius 1 is 0.833 bits per heavy atom. The molecule has 0 fully saturated rings. The molecule has 2 aromatic carbocycles. The molecule has 1 heterocycles. The predicted molar refractivity (Wildman–Crippen MR) is 79.8 cm³/mol. The van der Waals surface area contributed by atoms with Crippen LogP contribution in [0, 0.1) is 0 Å². The Morgan fingerprint density at radius 3 is 2.22 bits per heavy atom. The number of pyridine rings is 1. The average molecular weight is 298 g/mol. The molecular weight excluding hydrogens is 286 g/mol. The van der Waals surface area contributed by atoms with Crippen molar-refractivity contribution in [2.45, 2.75) is 5.33 Å². The fourth-order valence-corrected chi connectivity index (χ4v) is 2.63. The number of nitrogens with zero attached hydrogens (tertiary/aromatic N) is 1. The summed E-state index contributed by atoms with van der Waals surface area (Å²) in [5.74, 6) is 0. The number of hydrogen-bond donors (Lipinski definition) is 0. The zero-order valence-electron chi connectivity index (χ0n) is 9.81. The molecule has 2 heteroatoms. The second kappa shape index (κ2) is 4.91. The lowest BCUT2D eigenvalue weighted by Crippen LogP contribution is -1.90. The number of hydrogen-bond acceptors (Lipinski definition) is 1. The number of aromatic nitrogens is 1. The molecule has 0 spiro atoms. The first-order chi connectivity index (χ1) is 8.90. The van der Waals surface area contributed by atoms with Crippen LogP contribution in [-0.2, 0) is 5.33 Å². The van der Waals surface area contributed by atoms with E-state index >= 15 is 0 Å². The van der Waals surface area contributed by atoms with Gasteiger partial charge in [-0.3, -0.25) is 4.98 Å². The molecule has 0 saturated carbocycles. The summed E-state index contributed by atoms with van der Waals surface area (Å²) in [6, 6.07) is 18.7. The monoisotopic (exact) mass is 297 g/mol. The second-order valence-electron chi connectivity index (χ2n) is 4.18. The quantitative estimate of drug-likeness (QED) is 0.619. The molecule has 0 N–H and O–H groups in total. The Morgan fingerprint density at radius 2 is 1.50 bits per heavy atom. The van der Waals surface area contributed by atoms with E-state index in [9.17, 15) is 0 Å². The van der Waals surface area contributed by atoms with Crippen LogP contribution in [0.2, 0.25) is 0 Å². The number of rotatable bonds is 2. The highest BCUT2D eigenvalue weighted by Crippen LogP contribution is 2.29. The largest absolute Gasteiger partial charge is 0.255 e. The lowest BCUT2D eigenvalue weighted by Gasteiger charge is -2.08. The van der Waals surface area contributed by atoms with Gasteiger partial charge in [-0.05, 0) is 10.9 Å². The Balaban J connectivity index is 2.32. The Bertz CT molecular complexity index is 677. The van der Waals surface area contributed by atoms with Crippen molar-refractivity contribution in [2.24, 2.45) is 0 Å². The number of halogens is 1. The van der Waals surface area contributed by atoms with E-state index in [1.54, 1.807) is 0 Å². The topological polar surface area (TPSA) is 12.9 Å². The van der Waals surface area contributed by atoms with Crippen molar-refractivity contribution in [2.75, 3.05) is 0 Å². The molecule has 0 amide bonds. The van der Waals surface area contributed by atoms with Crippen molar-refractivity contribution in [3.05, 3.63) is 66.4 Å². The van der Waals surface area contributed by atoms with Crippen LogP contribution in [0.1, 0.15) is 5.56 Å². The number of fused-ring (bicyclic) bond motifs is 1. The molecule has 0 aliphatic carbocycles. The molecule has 3 aromatic rings. The molecule has 0 aliphatic heterocycles. The maximum Gasteiger partial charge on any atom is 0.0780 e. The van der Waals surface area contributed by atoms with Gasteiger partial charge < -0.3 is 0 Å². The van der Waals surface area contributed by atoms with Crippen molar-refractivity contribution in [1.29, 1.82) is 0 Å². The highest BCUT2D eigenvalue weighted by atomic mass is 79.9. The van der Waals surface area contributed by atoms with Gasteiger partial charge >= 0.3 is 0 Å². The third-order valence-electron chi connectivity index (χ3n) is 3.07. The fraction of sp³-hybridized carbons (Fsp3) is 0.0625. The molecule has 0 bridgehead atoms. The first kappa shape index (κ1) is 11.4. The molecule has 0 unspecified atom stereocenters. The smallest absolute Gasteiger partial charge is 0.0780 e. The van der Waals surface area contributed by atoms with E-state index in [2.05, 4.69) is 57.3 Å². The highest BCUT2D eigenvalue weighted by molar-refractivity contribution is 9.08. The standard InChI is InChI=1S/C16H12BrN/c17-10-13-11-18-16(12-6-2-1-3-7-12)15-9-5-4-8-14(13)15/h1-9,11H,10H2. The zero-order valence-corrected chi connectivity index (χ0v) is 11.4. The summed E-state index contributed by atoms with van der Waals surface area (Å²) in [4.78, 5) is 4.62. The average Bonchev–Trinajstić information content (AvgIpc) is 2.47. The van der Waals surface area contributed by atoms with Gasteiger partial charge in [-0.15, -0.1) is 0 Å². The van der Waals surface area contributed by atoms with Crippen LogP contribution in [0.15, 0.2) is 60.8 Å². The summed E-state index contributed by atoms with van der Waals surface area (Å²) < 4.78 is 0. The molecule has 18 heavy (non-hydrogen) atoms. The first-order valence-corrected chi connectivity index (χ1v) is 7.00. The molecule has 0 radical (unpaired) electrons. The maximum atomic E-state index is 4.62. The Kier molecular flexibility index (Phi) is 3.11. The van der Waals surface area contributed by atoms with Gasteiger partial charge in [0.25, 0.3) is 0 Å². The lowest BCUT2D eigenvalue weighted by molar-refractivity contribution is 1.30. The molecule has 0 atom stereocenters. The predicted octanol–water partition coefficient (Wildman–Crippen LogP) is 4.80. The van der Waals surface area contributed by atoms with Crippen LogP contribution in [-0.4, -0.2) is 4.98 Å². The van der Waals surface area contributed by atoms with Gasteiger partial charge in [0.05, 0.1) is 5.69 Å². The van der Waals surface area contributed by atoms with E-state index in [0.29, 0.717) is 0 Å². The molecule has 88 valence electrons. The molecule has 1 aromatic heterocycles. The SMILES string of the molecule is BrCc1cnc(-c2ccccc2)c2ccccc12. The van der Waals surface area contributed by atoms with Crippen LogP contribution in [0.3, 0.4) is 0 Å². The molecular formula is C16H12BrN. The minimum absolute atomic E-state index is 0.829. The molecule has 1 nitrogen and oxygen atoms in total. The minimum Gasteiger partial charge on any atom is -0.255 e. The first-order valence-electron chi connectivity index (χ1n) is 5.88. The summed E-state index contributed by atoms with van der Waals surface area (Å²) in [5.41, 5.74) is 3.44. The van der Waals surface area contributed by atoms with Crippen LogP contribution in [0.4, 0.5) is 0 Å². The Hall–Kier alpha value is -1.67. The summed E-state index contributed by atoms with van der Waals surface area (Å²) in [7, 11) is 0. The van der Waals surface area contributed by atoms with Gasteiger partial charge in [0.15, 0.2) is 0 Å². The van der Waals surface area contributed by atoms with Crippen molar-refractivity contribution in [3.63, 3.8) is 0 Å². The van der Waals surface area contributed by atoms with E-state index < -0.39 is 0 Å². The lowest BCUT2D eigenvalue weighted by atomic mass is 10.0. The second-order valence-corrected chi connectivity index (χ2v) is 4.74. The minimum atomic E-state index is 0.829. The zero-order chi connectivity index (χ0) is 12.4.